The van der Waals surface area contributed by atoms with Crippen LogP contribution < -0.4 is 15.1 Å². The fourth-order valence-electron chi connectivity index (χ4n) is 3.20. The van der Waals surface area contributed by atoms with Crippen molar-refractivity contribution in [3.05, 3.63) is 42.4 Å². The maximum absolute atomic E-state index is 12.4. The maximum Gasteiger partial charge on any atom is 0.275 e. The van der Waals surface area contributed by atoms with Gasteiger partial charge in [-0.3, -0.25) is 9.59 Å². The smallest absolute Gasteiger partial charge is 0.275 e. The van der Waals surface area contributed by atoms with E-state index in [4.69, 9.17) is 0 Å². The molecule has 1 aliphatic heterocycles. The molecule has 1 fully saturated rings. The number of hydrogen-bond acceptors (Lipinski definition) is 6. The number of carbonyl (C=O) groups is 2. The van der Waals surface area contributed by atoms with Crippen LogP contribution in [0.4, 0.5) is 17.2 Å². The van der Waals surface area contributed by atoms with Gasteiger partial charge in [0.1, 0.15) is 11.5 Å². The molecule has 0 unspecified atom stereocenters. The van der Waals surface area contributed by atoms with E-state index >= 15 is 0 Å². The molecule has 0 atom stereocenters. The summed E-state index contributed by atoms with van der Waals surface area (Å²) in [4.78, 5) is 37.9. The van der Waals surface area contributed by atoms with Crippen LogP contribution in [-0.2, 0) is 4.79 Å². The number of piperazine rings is 1. The van der Waals surface area contributed by atoms with E-state index in [0.29, 0.717) is 32.0 Å². The molecule has 8 nitrogen and oxygen atoms in total. The van der Waals surface area contributed by atoms with E-state index in [1.54, 1.807) is 11.1 Å². The molecule has 1 aromatic carbocycles. The van der Waals surface area contributed by atoms with Gasteiger partial charge in [0.2, 0.25) is 6.41 Å². The Kier molecular flexibility index (Phi) is 6.41. The third kappa shape index (κ3) is 4.57. The zero-order valence-electron chi connectivity index (χ0n) is 16.3. The number of amides is 2. The number of anilines is 3. The predicted molar refractivity (Wildman–Crippen MR) is 110 cm³/mol. The van der Waals surface area contributed by atoms with Crippen molar-refractivity contribution in [3.8, 4) is 0 Å². The Hall–Kier alpha value is -3.16. The Morgan fingerprint density at radius 2 is 1.75 bits per heavy atom. The number of hydrogen-bond donors (Lipinski definition) is 1. The van der Waals surface area contributed by atoms with Crippen molar-refractivity contribution in [3.63, 3.8) is 0 Å². The van der Waals surface area contributed by atoms with E-state index in [9.17, 15) is 9.59 Å². The zero-order chi connectivity index (χ0) is 19.9. The Bertz CT molecular complexity index is 781. The van der Waals surface area contributed by atoms with Crippen LogP contribution in [0.2, 0.25) is 0 Å². The molecule has 2 amide bonds. The van der Waals surface area contributed by atoms with E-state index in [-0.39, 0.29) is 11.6 Å². The number of nitrogens with zero attached hydrogens (tertiary/aromatic N) is 5. The van der Waals surface area contributed by atoms with E-state index in [2.05, 4.69) is 38.9 Å². The first-order chi connectivity index (χ1) is 13.6. The summed E-state index contributed by atoms with van der Waals surface area (Å²) in [5.41, 5.74) is 2.11. The van der Waals surface area contributed by atoms with Gasteiger partial charge in [0.05, 0.1) is 12.4 Å². The van der Waals surface area contributed by atoms with E-state index in [1.165, 1.54) is 6.20 Å². The molecule has 1 saturated heterocycles. The molecule has 1 N–H and O–H groups in total. The van der Waals surface area contributed by atoms with Gasteiger partial charge >= 0.3 is 0 Å². The van der Waals surface area contributed by atoms with Gasteiger partial charge in [-0.15, -0.1) is 0 Å². The minimum Gasteiger partial charge on any atom is -0.372 e. The lowest BCUT2D eigenvalue weighted by Crippen LogP contribution is -2.46. The van der Waals surface area contributed by atoms with Crippen molar-refractivity contribution in [2.75, 3.05) is 54.4 Å². The lowest BCUT2D eigenvalue weighted by Gasteiger charge is -2.33. The van der Waals surface area contributed by atoms with Crippen molar-refractivity contribution in [1.29, 1.82) is 0 Å². The van der Waals surface area contributed by atoms with Crippen LogP contribution in [0.5, 0.6) is 0 Å². The third-order valence-corrected chi connectivity index (χ3v) is 4.91. The highest BCUT2D eigenvalue weighted by Gasteiger charge is 2.17. The Labute approximate surface area is 165 Å². The molecule has 1 aliphatic rings. The summed E-state index contributed by atoms with van der Waals surface area (Å²) >= 11 is 0. The van der Waals surface area contributed by atoms with Crippen molar-refractivity contribution < 1.29 is 9.59 Å². The van der Waals surface area contributed by atoms with Crippen molar-refractivity contribution in [2.24, 2.45) is 0 Å². The molecular formula is C20H26N6O2. The van der Waals surface area contributed by atoms with Crippen LogP contribution in [0.1, 0.15) is 24.3 Å². The van der Waals surface area contributed by atoms with Crippen LogP contribution in [0.15, 0.2) is 36.7 Å². The maximum atomic E-state index is 12.4. The second-order valence-electron chi connectivity index (χ2n) is 6.56. The fourth-order valence-corrected chi connectivity index (χ4v) is 3.20. The standard InChI is InChI=1S/C20H26N6O2/c1-3-25(4-2)17-7-5-16(6-8-17)23-20(28)18-13-22-19(14-21-18)26-11-9-24(15-27)10-12-26/h5-8,13-15H,3-4,9-12H2,1-2H3,(H,23,28). The van der Waals surface area contributed by atoms with E-state index in [1.807, 2.05) is 24.3 Å². The SMILES string of the molecule is CCN(CC)c1ccc(NC(=O)c2cnc(N3CCN(C=O)CC3)cn2)cc1. The van der Waals surface area contributed by atoms with Crippen molar-refractivity contribution >= 4 is 29.5 Å². The summed E-state index contributed by atoms with van der Waals surface area (Å²) in [5, 5.41) is 2.85. The van der Waals surface area contributed by atoms with E-state index in [0.717, 1.165) is 30.9 Å². The third-order valence-electron chi connectivity index (χ3n) is 4.91. The quantitative estimate of drug-likeness (QED) is 0.736. The summed E-state index contributed by atoms with van der Waals surface area (Å²) in [5.74, 6) is 0.422. The summed E-state index contributed by atoms with van der Waals surface area (Å²) in [6.45, 7) is 8.85. The molecule has 0 radical (unpaired) electrons. The lowest BCUT2D eigenvalue weighted by atomic mass is 10.2. The molecule has 8 heteroatoms. The molecular weight excluding hydrogens is 356 g/mol. The van der Waals surface area contributed by atoms with Crippen LogP contribution in [-0.4, -0.2) is 66.5 Å². The average Bonchev–Trinajstić information content (AvgIpc) is 2.76. The predicted octanol–water partition coefficient (Wildman–Crippen LogP) is 1.85. The number of benzene rings is 1. The van der Waals surface area contributed by atoms with Gasteiger partial charge in [-0.1, -0.05) is 0 Å². The summed E-state index contributed by atoms with van der Waals surface area (Å²) < 4.78 is 0. The number of aromatic nitrogens is 2. The summed E-state index contributed by atoms with van der Waals surface area (Å²) in [7, 11) is 0. The highest BCUT2D eigenvalue weighted by molar-refractivity contribution is 6.02. The molecule has 2 aromatic rings. The van der Waals surface area contributed by atoms with Crippen LogP contribution >= 0.6 is 0 Å². The van der Waals surface area contributed by atoms with Gasteiger partial charge in [-0.05, 0) is 38.1 Å². The average molecular weight is 382 g/mol. The summed E-state index contributed by atoms with van der Waals surface area (Å²) in [6, 6.07) is 7.77. The minimum atomic E-state index is -0.291. The van der Waals surface area contributed by atoms with Gasteiger partial charge in [0.15, 0.2) is 0 Å². The molecule has 0 aliphatic carbocycles. The van der Waals surface area contributed by atoms with Gasteiger partial charge in [-0.25, -0.2) is 9.97 Å². The highest BCUT2D eigenvalue weighted by Crippen LogP contribution is 2.18. The zero-order valence-corrected chi connectivity index (χ0v) is 16.3. The van der Waals surface area contributed by atoms with Gasteiger partial charge in [-0.2, -0.15) is 0 Å². The Morgan fingerprint density at radius 3 is 2.29 bits per heavy atom. The van der Waals surface area contributed by atoms with Crippen LogP contribution in [0.3, 0.4) is 0 Å². The van der Waals surface area contributed by atoms with Gasteiger partial charge in [0, 0.05) is 50.6 Å². The number of nitrogens with one attached hydrogen (secondary N) is 1. The topological polar surface area (TPSA) is 81.7 Å². The van der Waals surface area contributed by atoms with Gasteiger partial charge in [0.25, 0.3) is 5.91 Å². The second-order valence-corrected chi connectivity index (χ2v) is 6.56. The minimum absolute atomic E-state index is 0.267. The molecule has 0 saturated carbocycles. The molecule has 3 rings (SSSR count). The monoisotopic (exact) mass is 382 g/mol. The molecule has 0 spiro atoms. The molecule has 148 valence electrons. The van der Waals surface area contributed by atoms with Crippen molar-refractivity contribution in [1.82, 2.24) is 14.9 Å². The second kappa shape index (κ2) is 9.16. The first kappa shape index (κ1) is 19.6. The molecule has 2 heterocycles. The number of rotatable bonds is 7. The normalized spacial score (nSPS) is 13.9. The van der Waals surface area contributed by atoms with Crippen LogP contribution in [0, 0.1) is 0 Å². The molecule has 0 bridgehead atoms. The van der Waals surface area contributed by atoms with E-state index < -0.39 is 0 Å². The summed E-state index contributed by atoms with van der Waals surface area (Å²) in [6.07, 6.45) is 3.96. The Morgan fingerprint density at radius 1 is 1.07 bits per heavy atom. The first-order valence-electron chi connectivity index (χ1n) is 9.57. The van der Waals surface area contributed by atoms with Crippen LogP contribution in [0.25, 0.3) is 0 Å². The highest BCUT2D eigenvalue weighted by atomic mass is 16.2. The fraction of sp³-hybridized carbons (Fsp3) is 0.400. The molecule has 28 heavy (non-hydrogen) atoms. The number of carbonyl (C=O) groups excluding carboxylic acids is 2. The first-order valence-corrected chi connectivity index (χ1v) is 9.57. The van der Waals surface area contributed by atoms with Crippen molar-refractivity contribution in [2.45, 2.75) is 13.8 Å². The molecule has 1 aromatic heterocycles. The lowest BCUT2D eigenvalue weighted by molar-refractivity contribution is -0.118. The Balaban J connectivity index is 1.59. The largest absolute Gasteiger partial charge is 0.372 e. The van der Waals surface area contributed by atoms with Gasteiger partial charge < -0.3 is 20.0 Å².